The normalized spacial score (nSPS) is 15.1. The van der Waals surface area contributed by atoms with E-state index in [1.54, 1.807) is 13.4 Å². The second-order valence-corrected chi connectivity index (χ2v) is 8.14. The van der Waals surface area contributed by atoms with Gasteiger partial charge in [0.05, 0.1) is 24.8 Å². The lowest BCUT2D eigenvalue weighted by molar-refractivity contribution is -0.125. The summed E-state index contributed by atoms with van der Waals surface area (Å²) in [6.45, 7) is 3.31. The SMILES string of the molecule is COc1cc(/C=C2\CCN(Cc3cccc4ccccc34)C2=O)ccc1-n1cnc(C)c1. The number of benzene rings is 3. The number of aryl methyl sites for hydroxylation is 1. The molecule has 1 amide bonds. The van der Waals surface area contributed by atoms with Gasteiger partial charge in [-0.2, -0.15) is 0 Å². The van der Waals surface area contributed by atoms with Crippen molar-refractivity contribution in [2.75, 3.05) is 13.7 Å². The third-order valence-corrected chi connectivity index (χ3v) is 5.99. The molecule has 1 aromatic heterocycles. The van der Waals surface area contributed by atoms with Crippen LogP contribution in [0.25, 0.3) is 22.5 Å². The predicted octanol–water partition coefficient (Wildman–Crippen LogP) is 5.16. The van der Waals surface area contributed by atoms with E-state index in [0.717, 1.165) is 41.2 Å². The molecule has 5 nitrogen and oxygen atoms in total. The van der Waals surface area contributed by atoms with Crippen LogP contribution in [0.5, 0.6) is 5.75 Å². The van der Waals surface area contributed by atoms with Crippen molar-refractivity contribution in [2.45, 2.75) is 19.9 Å². The molecular weight excluding hydrogens is 398 g/mol. The van der Waals surface area contributed by atoms with Crippen LogP contribution in [0.1, 0.15) is 23.2 Å². The van der Waals surface area contributed by atoms with Gasteiger partial charge in [0.2, 0.25) is 5.91 Å². The smallest absolute Gasteiger partial charge is 0.250 e. The standard InChI is InChI=1S/C27H25N3O2/c1-19-16-30(18-28-19)25-11-10-20(15-26(25)32-2)14-22-12-13-29(27(22)31)17-23-8-5-7-21-6-3-4-9-24(21)23/h3-11,14-16,18H,12-13,17H2,1-2H3/b22-14+. The molecular formula is C27H25N3O2. The molecule has 0 unspecified atom stereocenters. The average Bonchev–Trinajstić information content (AvgIpc) is 3.40. The molecule has 32 heavy (non-hydrogen) atoms. The molecule has 0 radical (unpaired) electrons. The first-order valence-corrected chi connectivity index (χ1v) is 10.8. The van der Waals surface area contributed by atoms with E-state index >= 15 is 0 Å². The molecule has 0 atom stereocenters. The number of amides is 1. The second kappa shape index (κ2) is 8.35. The van der Waals surface area contributed by atoms with Crippen LogP contribution in [0.2, 0.25) is 0 Å². The lowest BCUT2D eigenvalue weighted by Crippen LogP contribution is -2.24. The molecule has 1 fully saturated rings. The number of ether oxygens (including phenoxy) is 1. The Morgan fingerprint density at radius 1 is 1.09 bits per heavy atom. The molecule has 5 heteroatoms. The molecule has 1 aliphatic rings. The molecule has 1 saturated heterocycles. The van der Waals surface area contributed by atoms with Gasteiger partial charge in [-0.05, 0) is 53.5 Å². The van der Waals surface area contributed by atoms with Gasteiger partial charge in [-0.3, -0.25) is 4.79 Å². The lowest BCUT2D eigenvalue weighted by Gasteiger charge is -2.17. The maximum absolute atomic E-state index is 13.1. The Hall–Kier alpha value is -3.86. The number of hydrogen-bond acceptors (Lipinski definition) is 3. The Bertz CT molecular complexity index is 1330. The fourth-order valence-electron chi connectivity index (χ4n) is 4.34. The van der Waals surface area contributed by atoms with Crippen molar-refractivity contribution in [3.8, 4) is 11.4 Å². The van der Waals surface area contributed by atoms with E-state index in [0.29, 0.717) is 6.54 Å². The number of fused-ring (bicyclic) bond motifs is 1. The van der Waals surface area contributed by atoms with Crippen LogP contribution < -0.4 is 4.74 Å². The van der Waals surface area contributed by atoms with Crippen molar-refractivity contribution in [3.63, 3.8) is 0 Å². The van der Waals surface area contributed by atoms with Crippen molar-refractivity contribution in [1.82, 2.24) is 14.5 Å². The third-order valence-electron chi connectivity index (χ3n) is 5.99. The monoisotopic (exact) mass is 423 g/mol. The van der Waals surface area contributed by atoms with Crippen molar-refractivity contribution in [1.29, 1.82) is 0 Å². The summed E-state index contributed by atoms with van der Waals surface area (Å²) in [5.74, 6) is 0.848. The van der Waals surface area contributed by atoms with Gasteiger partial charge in [0.1, 0.15) is 5.75 Å². The highest BCUT2D eigenvalue weighted by Gasteiger charge is 2.26. The first-order valence-electron chi connectivity index (χ1n) is 10.8. The molecule has 0 bridgehead atoms. The fourth-order valence-corrected chi connectivity index (χ4v) is 4.34. The average molecular weight is 424 g/mol. The number of nitrogens with zero attached hydrogens (tertiary/aromatic N) is 3. The summed E-state index contributed by atoms with van der Waals surface area (Å²) in [5, 5.41) is 2.41. The van der Waals surface area contributed by atoms with Gasteiger partial charge in [0.15, 0.2) is 0 Å². The van der Waals surface area contributed by atoms with Crippen LogP contribution in [-0.2, 0) is 11.3 Å². The number of carbonyl (C=O) groups excluding carboxylic acids is 1. The van der Waals surface area contributed by atoms with E-state index in [1.807, 2.05) is 59.0 Å². The minimum atomic E-state index is 0.103. The Morgan fingerprint density at radius 2 is 1.94 bits per heavy atom. The van der Waals surface area contributed by atoms with Crippen LogP contribution >= 0.6 is 0 Å². The predicted molar refractivity (Wildman–Crippen MR) is 127 cm³/mol. The first-order chi connectivity index (χ1) is 15.6. The van der Waals surface area contributed by atoms with Crippen molar-refractivity contribution < 1.29 is 9.53 Å². The topological polar surface area (TPSA) is 47.4 Å². The third kappa shape index (κ3) is 3.78. The minimum absolute atomic E-state index is 0.103. The van der Waals surface area contributed by atoms with Crippen LogP contribution in [0.3, 0.4) is 0 Å². The molecule has 0 N–H and O–H groups in total. The number of methoxy groups -OCH3 is 1. The maximum atomic E-state index is 13.1. The number of rotatable bonds is 5. The van der Waals surface area contributed by atoms with Crippen LogP contribution in [0.4, 0.5) is 0 Å². The number of likely N-dealkylation sites (tertiary alicyclic amines) is 1. The van der Waals surface area contributed by atoms with E-state index < -0.39 is 0 Å². The zero-order valence-electron chi connectivity index (χ0n) is 18.3. The lowest BCUT2D eigenvalue weighted by atomic mass is 10.0. The van der Waals surface area contributed by atoms with Gasteiger partial charge in [-0.25, -0.2) is 4.98 Å². The molecule has 2 heterocycles. The highest BCUT2D eigenvalue weighted by Crippen LogP contribution is 2.29. The largest absolute Gasteiger partial charge is 0.495 e. The Labute approximate surface area is 187 Å². The van der Waals surface area contributed by atoms with Crippen molar-refractivity contribution in [3.05, 3.63) is 95.6 Å². The Kier molecular flexibility index (Phi) is 5.23. The molecule has 160 valence electrons. The van der Waals surface area contributed by atoms with Gasteiger partial charge in [-0.1, -0.05) is 48.5 Å². The van der Waals surface area contributed by atoms with E-state index in [2.05, 4.69) is 35.3 Å². The highest BCUT2D eigenvalue weighted by molar-refractivity contribution is 6.00. The number of hydrogen-bond donors (Lipinski definition) is 0. The van der Waals surface area contributed by atoms with Gasteiger partial charge in [0, 0.05) is 24.9 Å². The van der Waals surface area contributed by atoms with Crippen LogP contribution in [-0.4, -0.2) is 34.0 Å². The fraction of sp³-hybridized carbons (Fsp3) is 0.185. The van der Waals surface area contributed by atoms with Gasteiger partial charge < -0.3 is 14.2 Å². The highest BCUT2D eigenvalue weighted by atomic mass is 16.5. The zero-order chi connectivity index (χ0) is 22.1. The quantitative estimate of drug-likeness (QED) is 0.417. The first kappa shape index (κ1) is 20.1. The summed E-state index contributed by atoms with van der Waals surface area (Å²) in [7, 11) is 1.66. The summed E-state index contributed by atoms with van der Waals surface area (Å²) in [6.07, 6.45) is 6.46. The van der Waals surface area contributed by atoms with E-state index in [9.17, 15) is 4.79 Å². The van der Waals surface area contributed by atoms with Gasteiger partial charge in [0.25, 0.3) is 0 Å². The number of aromatic nitrogens is 2. The zero-order valence-corrected chi connectivity index (χ0v) is 18.3. The Balaban J connectivity index is 1.38. The second-order valence-electron chi connectivity index (χ2n) is 8.14. The van der Waals surface area contributed by atoms with E-state index in [1.165, 1.54) is 16.3 Å². The summed E-state index contributed by atoms with van der Waals surface area (Å²) >= 11 is 0. The summed E-state index contributed by atoms with van der Waals surface area (Å²) in [5.41, 5.74) is 4.84. The molecule has 4 aromatic rings. The van der Waals surface area contributed by atoms with Crippen LogP contribution in [0.15, 0.2) is 78.8 Å². The molecule has 0 saturated carbocycles. The van der Waals surface area contributed by atoms with Crippen molar-refractivity contribution >= 4 is 22.8 Å². The van der Waals surface area contributed by atoms with Crippen LogP contribution in [0, 0.1) is 6.92 Å². The summed E-state index contributed by atoms with van der Waals surface area (Å²) in [4.78, 5) is 19.3. The molecule has 1 aliphatic heterocycles. The molecule has 5 rings (SSSR count). The summed E-state index contributed by atoms with van der Waals surface area (Å²) < 4.78 is 7.55. The molecule has 3 aromatic carbocycles. The Morgan fingerprint density at radius 3 is 2.75 bits per heavy atom. The van der Waals surface area contributed by atoms with E-state index in [-0.39, 0.29) is 5.91 Å². The minimum Gasteiger partial charge on any atom is -0.495 e. The maximum Gasteiger partial charge on any atom is 0.250 e. The van der Waals surface area contributed by atoms with E-state index in [4.69, 9.17) is 4.74 Å². The van der Waals surface area contributed by atoms with Crippen molar-refractivity contribution in [2.24, 2.45) is 0 Å². The summed E-state index contributed by atoms with van der Waals surface area (Å²) in [6, 6.07) is 20.6. The number of imidazole rings is 1. The molecule has 0 aliphatic carbocycles. The number of carbonyl (C=O) groups is 1. The molecule has 0 spiro atoms. The van der Waals surface area contributed by atoms with Gasteiger partial charge in [-0.15, -0.1) is 0 Å². The van der Waals surface area contributed by atoms with Gasteiger partial charge >= 0.3 is 0 Å².